The van der Waals surface area contributed by atoms with Crippen LogP contribution in [0.15, 0.2) is 34.2 Å². The number of fused-ring (bicyclic) bond motifs is 1. The van der Waals surface area contributed by atoms with E-state index in [1.807, 2.05) is 6.92 Å². The Balaban J connectivity index is 1.93. The van der Waals surface area contributed by atoms with E-state index in [0.29, 0.717) is 21.1 Å². The second-order valence-electron chi connectivity index (χ2n) is 5.96. The summed E-state index contributed by atoms with van der Waals surface area (Å²) in [5, 5.41) is 14.7. The van der Waals surface area contributed by atoms with Crippen LogP contribution in [0.3, 0.4) is 0 Å². The molecule has 0 fully saturated rings. The monoisotopic (exact) mass is 434 g/mol. The third kappa shape index (κ3) is 4.25. The SMILES string of the molecule is CCc1cc2c(=O)n(CC(=O)Nc3ccc(OC)cc3[N+](=O)[O-])c(SC)nc2s1. The molecular weight excluding hydrogens is 416 g/mol. The maximum atomic E-state index is 12.9. The van der Waals surface area contributed by atoms with Crippen LogP contribution < -0.4 is 15.6 Å². The number of aromatic nitrogens is 2. The van der Waals surface area contributed by atoms with Gasteiger partial charge in [0.1, 0.15) is 22.8 Å². The van der Waals surface area contributed by atoms with Crippen molar-refractivity contribution in [2.45, 2.75) is 25.0 Å². The average molecular weight is 434 g/mol. The van der Waals surface area contributed by atoms with E-state index in [9.17, 15) is 19.7 Å². The van der Waals surface area contributed by atoms with Gasteiger partial charge in [0, 0.05) is 4.88 Å². The van der Waals surface area contributed by atoms with Gasteiger partial charge in [0.2, 0.25) is 5.91 Å². The van der Waals surface area contributed by atoms with Gasteiger partial charge in [-0.05, 0) is 30.9 Å². The van der Waals surface area contributed by atoms with Crippen LogP contribution in [0.1, 0.15) is 11.8 Å². The smallest absolute Gasteiger partial charge is 0.296 e. The maximum absolute atomic E-state index is 12.9. The number of benzene rings is 1. The normalized spacial score (nSPS) is 10.9. The second kappa shape index (κ2) is 8.62. The minimum atomic E-state index is -0.608. The lowest BCUT2D eigenvalue weighted by Crippen LogP contribution is -2.29. The standard InChI is InChI=1S/C18H18N4O5S2/c1-4-11-8-12-16(29-11)20-18(28-3)21(17(12)24)9-15(23)19-13-6-5-10(27-2)7-14(13)22(25)26/h5-8H,4,9H2,1-3H3,(H,19,23). The van der Waals surface area contributed by atoms with Gasteiger partial charge in [0.05, 0.1) is 23.5 Å². The molecule has 1 aromatic carbocycles. The lowest BCUT2D eigenvalue weighted by Gasteiger charge is -2.11. The van der Waals surface area contributed by atoms with Crippen molar-refractivity contribution in [2.75, 3.05) is 18.7 Å². The molecular formula is C18H18N4O5S2. The molecule has 29 heavy (non-hydrogen) atoms. The fourth-order valence-electron chi connectivity index (χ4n) is 2.75. The third-order valence-corrected chi connectivity index (χ3v) is 6.03. The van der Waals surface area contributed by atoms with Gasteiger partial charge in [-0.15, -0.1) is 11.3 Å². The second-order valence-corrected chi connectivity index (χ2v) is 7.85. The first kappa shape index (κ1) is 20.8. The lowest BCUT2D eigenvalue weighted by atomic mass is 10.2. The molecule has 2 heterocycles. The Morgan fingerprint density at radius 3 is 2.79 bits per heavy atom. The van der Waals surface area contributed by atoms with Crippen LogP contribution in [-0.2, 0) is 17.8 Å². The Bertz CT molecular complexity index is 1160. The molecule has 1 N–H and O–H groups in total. The van der Waals surface area contributed by atoms with E-state index < -0.39 is 10.8 Å². The molecule has 0 aliphatic carbocycles. The van der Waals surface area contributed by atoms with Crippen LogP contribution in [0.4, 0.5) is 11.4 Å². The van der Waals surface area contributed by atoms with Crippen molar-refractivity contribution in [3.63, 3.8) is 0 Å². The average Bonchev–Trinajstić information content (AvgIpc) is 3.13. The Labute approximate surface area is 173 Å². The Hall–Kier alpha value is -2.92. The quantitative estimate of drug-likeness (QED) is 0.262. The number of carbonyl (C=O) groups is 1. The number of rotatable bonds is 7. The van der Waals surface area contributed by atoms with Crippen molar-refractivity contribution in [1.82, 2.24) is 9.55 Å². The van der Waals surface area contributed by atoms with Crippen LogP contribution in [0, 0.1) is 10.1 Å². The summed E-state index contributed by atoms with van der Waals surface area (Å²) in [7, 11) is 1.39. The summed E-state index contributed by atoms with van der Waals surface area (Å²) in [4.78, 5) is 42.3. The number of amides is 1. The summed E-state index contributed by atoms with van der Waals surface area (Å²) in [6.07, 6.45) is 2.56. The molecule has 152 valence electrons. The third-order valence-electron chi connectivity index (χ3n) is 4.18. The highest BCUT2D eigenvalue weighted by atomic mass is 32.2. The molecule has 1 amide bonds. The predicted octanol–water partition coefficient (Wildman–Crippen LogP) is 3.30. The molecule has 0 aliphatic rings. The van der Waals surface area contributed by atoms with Gasteiger partial charge >= 0.3 is 0 Å². The Morgan fingerprint density at radius 1 is 1.41 bits per heavy atom. The van der Waals surface area contributed by atoms with Gasteiger partial charge in [-0.2, -0.15) is 0 Å². The first-order valence-corrected chi connectivity index (χ1v) is 10.6. The number of methoxy groups -OCH3 is 1. The Morgan fingerprint density at radius 2 is 2.17 bits per heavy atom. The van der Waals surface area contributed by atoms with Crippen LogP contribution in [0.25, 0.3) is 10.2 Å². The number of thioether (sulfide) groups is 1. The predicted molar refractivity (Wildman–Crippen MR) is 113 cm³/mol. The molecule has 0 bridgehead atoms. The number of nitrogens with zero attached hydrogens (tertiary/aromatic N) is 3. The minimum Gasteiger partial charge on any atom is -0.496 e. The molecule has 9 nitrogen and oxygen atoms in total. The molecule has 0 aliphatic heterocycles. The number of nitrogens with one attached hydrogen (secondary N) is 1. The number of carbonyl (C=O) groups excluding carboxylic acids is 1. The zero-order valence-corrected chi connectivity index (χ0v) is 17.6. The summed E-state index contributed by atoms with van der Waals surface area (Å²) in [5.41, 5.74) is -0.582. The van der Waals surface area contributed by atoms with E-state index in [-0.39, 0.29) is 23.5 Å². The number of ether oxygens (including phenoxy) is 1. The summed E-state index contributed by atoms with van der Waals surface area (Å²) in [6, 6.07) is 5.91. The fourth-order valence-corrected chi connectivity index (χ4v) is 4.31. The maximum Gasteiger partial charge on any atom is 0.296 e. The minimum absolute atomic E-state index is 0.0254. The summed E-state index contributed by atoms with van der Waals surface area (Å²) in [6.45, 7) is 1.69. The largest absolute Gasteiger partial charge is 0.496 e. The molecule has 11 heteroatoms. The molecule has 0 radical (unpaired) electrons. The van der Waals surface area contributed by atoms with E-state index in [1.54, 1.807) is 12.3 Å². The van der Waals surface area contributed by atoms with Gasteiger partial charge in [-0.25, -0.2) is 4.98 Å². The Kier molecular flexibility index (Phi) is 6.18. The zero-order valence-electron chi connectivity index (χ0n) is 15.9. The summed E-state index contributed by atoms with van der Waals surface area (Å²) < 4.78 is 6.27. The van der Waals surface area contributed by atoms with Crippen molar-refractivity contribution in [3.05, 3.63) is 49.6 Å². The van der Waals surface area contributed by atoms with Crippen molar-refractivity contribution in [3.8, 4) is 5.75 Å². The molecule has 3 aromatic rings. The highest BCUT2D eigenvalue weighted by Crippen LogP contribution is 2.29. The van der Waals surface area contributed by atoms with Crippen LogP contribution in [0.2, 0.25) is 0 Å². The first-order valence-electron chi connectivity index (χ1n) is 8.57. The van der Waals surface area contributed by atoms with Crippen molar-refractivity contribution in [2.24, 2.45) is 0 Å². The van der Waals surface area contributed by atoms with E-state index >= 15 is 0 Å². The molecule has 0 unspecified atom stereocenters. The van der Waals surface area contributed by atoms with Gasteiger partial charge in [-0.3, -0.25) is 24.3 Å². The van der Waals surface area contributed by atoms with Crippen molar-refractivity contribution in [1.29, 1.82) is 0 Å². The van der Waals surface area contributed by atoms with Crippen LogP contribution >= 0.6 is 23.1 Å². The van der Waals surface area contributed by atoms with Gasteiger partial charge in [0.15, 0.2) is 5.16 Å². The summed E-state index contributed by atoms with van der Waals surface area (Å²) in [5.74, 6) is -0.266. The number of nitro benzene ring substituents is 1. The molecule has 3 rings (SSSR count). The molecule has 0 atom stereocenters. The van der Waals surface area contributed by atoms with E-state index in [2.05, 4.69) is 10.3 Å². The first-order chi connectivity index (χ1) is 13.9. The fraction of sp³-hybridized carbons (Fsp3) is 0.278. The number of thiophene rings is 1. The van der Waals surface area contributed by atoms with E-state index in [1.165, 1.54) is 53.0 Å². The van der Waals surface area contributed by atoms with Gasteiger partial charge in [0.25, 0.3) is 11.2 Å². The number of aryl methyl sites for hydroxylation is 1. The highest BCUT2D eigenvalue weighted by molar-refractivity contribution is 7.98. The highest BCUT2D eigenvalue weighted by Gasteiger charge is 2.20. The topological polar surface area (TPSA) is 116 Å². The molecule has 0 saturated heterocycles. The lowest BCUT2D eigenvalue weighted by molar-refractivity contribution is -0.384. The van der Waals surface area contributed by atoms with Gasteiger partial charge in [-0.1, -0.05) is 18.7 Å². The number of hydrogen-bond acceptors (Lipinski definition) is 8. The summed E-state index contributed by atoms with van der Waals surface area (Å²) >= 11 is 2.71. The number of hydrogen-bond donors (Lipinski definition) is 1. The molecule has 0 spiro atoms. The zero-order chi connectivity index (χ0) is 21.1. The van der Waals surface area contributed by atoms with Crippen molar-refractivity contribution >= 4 is 50.6 Å². The van der Waals surface area contributed by atoms with Crippen molar-refractivity contribution < 1.29 is 14.5 Å². The number of anilines is 1. The number of nitro groups is 1. The van der Waals surface area contributed by atoms with E-state index in [0.717, 1.165) is 11.3 Å². The van der Waals surface area contributed by atoms with Crippen LogP contribution in [-0.4, -0.2) is 33.7 Å². The molecule has 0 saturated carbocycles. The van der Waals surface area contributed by atoms with Crippen LogP contribution in [0.5, 0.6) is 5.75 Å². The van der Waals surface area contributed by atoms with E-state index in [4.69, 9.17) is 4.74 Å². The molecule has 2 aromatic heterocycles. The van der Waals surface area contributed by atoms with Gasteiger partial charge < -0.3 is 10.1 Å².